The van der Waals surface area contributed by atoms with Gasteiger partial charge in [-0.1, -0.05) is 71.9 Å². The lowest BCUT2D eigenvalue weighted by Crippen LogP contribution is -2.39. The van der Waals surface area contributed by atoms with Crippen LogP contribution < -0.4 is 23.7 Å². The molecule has 0 saturated heterocycles. The highest BCUT2D eigenvalue weighted by Gasteiger charge is 2.48. The van der Waals surface area contributed by atoms with Crippen molar-refractivity contribution in [3.8, 4) is 28.7 Å². The predicted octanol–water partition coefficient (Wildman–Crippen LogP) is 8.43. The van der Waals surface area contributed by atoms with Crippen LogP contribution in [0.5, 0.6) is 28.7 Å². The van der Waals surface area contributed by atoms with Crippen molar-refractivity contribution in [2.24, 2.45) is 0 Å². The molecule has 0 saturated carbocycles. The van der Waals surface area contributed by atoms with Gasteiger partial charge >= 0.3 is 0 Å². The molecular weight excluding hydrogens is 524 g/mol. The first-order valence-corrected chi connectivity index (χ1v) is 14.9. The summed E-state index contributed by atoms with van der Waals surface area (Å²) in [6.07, 6.45) is 2.54. The van der Waals surface area contributed by atoms with Gasteiger partial charge in [-0.15, -0.1) is 6.58 Å². The van der Waals surface area contributed by atoms with E-state index in [1.165, 1.54) is 27.8 Å². The number of hydrogen-bond acceptors (Lipinski definition) is 5. The van der Waals surface area contributed by atoms with Crippen LogP contribution >= 0.6 is 0 Å². The number of ether oxygens (including phenoxy) is 5. The highest BCUT2D eigenvalue weighted by atomic mass is 16.5. The van der Waals surface area contributed by atoms with E-state index in [2.05, 4.69) is 97.5 Å². The number of aryl methyl sites for hydroxylation is 1. The van der Waals surface area contributed by atoms with E-state index >= 15 is 0 Å². The fourth-order valence-electron chi connectivity index (χ4n) is 7.07. The predicted molar refractivity (Wildman–Crippen MR) is 169 cm³/mol. The van der Waals surface area contributed by atoms with Crippen molar-refractivity contribution in [2.75, 3.05) is 21.3 Å². The van der Waals surface area contributed by atoms with E-state index in [0.717, 1.165) is 40.7 Å². The van der Waals surface area contributed by atoms with Crippen LogP contribution in [0, 0.1) is 6.92 Å². The third-order valence-corrected chi connectivity index (χ3v) is 9.74. The van der Waals surface area contributed by atoms with E-state index in [4.69, 9.17) is 23.7 Å². The monoisotopic (exact) mass is 570 g/mol. The van der Waals surface area contributed by atoms with E-state index < -0.39 is 0 Å². The molecule has 5 nitrogen and oxygen atoms in total. The highest BCUT2D eigenvalue weighted by Crippen LogP contribution is 2.54. The largest absolute Gasteiger partial charge is 0.496 e. The Bertz CT molecular complexity index is 1500. The molecule has 0 fully saturated rings. The number of methoxy groups -OCH3 is 3. The van der Waals surface area contributed by atoms with Gasteiger partial charge in [0.2, 0.25) is 0 Å². The molecule has 4 atom stereocenters. The van der Waals surface area contributed by atoms with Crippen molar-refractivity contribution in [3.05, 3.63) is 88.5 Å². The number of hydrogen-bond donors (Lipinski definition) is 0. The third-order valence-electron chi connectivity index (χ3n) is 9.74. The normalized spacial score (nSPS) is 21.2. The average Bonchev–Trinajstić information content (AvgIpc) is 3.50. The highest BCUT2D eigenvalue weighted by molar-refractivity contribution is 5.58. The zero-order valence-electron chi connectivity index (χ0n) is 26.9. The summed E-state index contributed by atoms with van der Waals surface area (Å²) in [6.45, 7) is 19.5. The maximum atomic E-state index is 6.77. The smallest absolute Gasteiger partial charge is 0.165 e. The molecule has 5 heteroatoms. The van der Waals surface area contributed by atoms with Gasteiger partial charge in [-0.3, -0.25) is 0 Å². The molecule has 0 aromatic heterocycles. The lowest BCUT2D eigenvalue weighted by Gasteiger charge is -2.35. The second-order valence-electron chi connectivity index (χ2n) is 13.1. The molecule has 5 rings (SSSR count). The minimum absolute atomic E-state index is 0.0781. The van der Waals surface area contributed by atoms with Crippen molar-refractivity contribution in [3.63, 3.8) is 0 Å². The van der Waals surface area contributed by atoms with Gasteiger partial charge in [0, 0.05) is 33.8 Å². The van der Waals surface area contributed by atoms with E-state index in [-0.39, 0.29) is 34.9 Å². The summed E-state index contributed by atoms with van der Waals surface area (Å²) in [5.74, 6) is 4.43. The third kappa shape index (κ3) is 4.71. The molecule has 0 bridgehead atoms. The number of fused-ring (bicyclic) bond motifs is 2. The SMILES string of the molecule is C=CCc1cc(OC)c2c(c1)C(C)C(C(C)(C)c1cc(OC)c3c(c1)C(C)C(C(C)(C)c1ccc(C)c(OC)c1)O3)O2. The molecule has 3 aromatic rings. The van der Waals surface area contributed by atoms with Crippen LogP contribution in [0.15, 0.2) is 55.1 Å². The molecule has 0 aliphatic carbocycles. The summed E-state index contributed by atoms with van der Waals surface area (Å²) in [5.41, 5.74) is 6.40. The summed E-state index contributed by atoms with van der Waals surface area (Å²) < 4.78 is 30.9. The quantitative estimate of drug-likeness (QED) is 0.242. The Hall–Kier alpha value is -3.60. The van der Waals surface area contributed by atoms with Crippen LogP contribution in [0.1, 0.15) is 86.8 Å². The molecule has 2 aliphatic heterocycles. The Morgan fingerprint density at radius 1 is 0.714 bits per heavy atom. The maximum absolute atomic E-state index is 6.77. The number of rotatable bonds is 9. The van der Waals surface area contributed by atoms with Gasteiger partial charge in [-0.2, -0.15) is 0 Å². The zero-order chi connectivity index (χ0) is 30.6. The lowest BCUT2D eigenvalue weighted by molar-refractivity contribution is 0.126. The Labute approximate surface area is 251 Å². The Morgan fingerprint density at radius 2 is 1.21 bits per heavy atom. The fraction of sp³-hybridized carbons (Fsp3) is 0.459. The summed E-state index contributed by atoms with van der Waals surface area (Å²) in [4.78, 5) is 0. The molecule has 0 spiro atoms. The molecule has 2 aliphatic rings. The van der Waals surface area contributed by atoms with Crippen LogP contribution in [0.25, 0.3) is 0 Å². The minimum Gasteiger partial charge on any atom is -0.496 e. The number of benzene rings is 3. The van der Waals surface area contributed by atoms with Crippen molar-refractivity contribution >= 4 is 0 Å². The standard InChI is InChI=1S/C37H46O5/c1-12-13-24-16-27-22(3)35(41-32(27)30(17-24)39-10)37(7,8)26-18-28-23(4)34(42-33(28)31(20-26)40-11)36(5,6)25-15-14-21(2)29(19-25)38-9/h12,14-20,22-23,34-35H,1,13H2,2-11H3. The van der Waals surface area contributed by atoms with Gasteiger partial charge in [0.15, 0.2) is 23.0 Å². The summed E-state index contributed by atoms with van der Waals surface area (Å²) in [6, 6.07) is 15.2. The van der Waals surface area contributed by atoms with Crippen LogP contribution in [-0.2, 0) is 17.3 Å². The maximum Gasteiger partial charge on any atom is 0.165 e. The molecule has 4 unspecified atom stereocenters. The first-order chi connectivity index (χ1) is 19.9. The van der Waals surface area contributed by atoms with Crippen LogP contribution in [0.3, 0.4) is 0 Å². The van der Waals surface area contributed by atoms with E-state index in [1.807, 2.05) is 6.08 Å². The zero-order valence-corrected chi connectivity index (χ0v) is 26.9. The minimum atomic E-state index is -0.331. The summed E-state index contributed by atoms with van der Waals surface area (Å²) in [7, 11) is 5.15. The molecule has 0 N–H and O–H groups in total. The van der Waals surface area contributed by atoms with Crippen LogP contribution in [0.2, 0.25) is 0 Å². The van der Waals surface area contributed by atoms with Gasteiger partial charge in [0.1, 0.15) is 18.0 Å². The summed E-state index contributed by atoms with van der Waals surface area (Å²) >= 11 is 0. The first kappa shape index (κ1) is 29.9. The molecular formula is C37H46O5. The Morgan fingerprint density at radius 3 is 1.76 bits per heavy atom. The second kappa shape index (κ2) is 10.9. The molecule has 42 heavy (non-hydrogen) atoms. The second-order valence-corrected chi connectivity index (χ2v) is 13.1. The molecule has 0 radical (unpaired) electrons. The van der Waals surface area contributed by atoms with Gasteiger partial charge in [0.05, 0.1) is 21.3 Å². The van der Waals surface area contributed by atoms with Crippen LogP contribution in [-0.4, -0.2) is 33.5 Å². The van der Waals surface area contributed by atoms with Crippen molar-refractivity contribution in [2.45, 2.75) is 89.8 Å². The summed E-state index contributed by atoms with van der Waals surface area (Å²) in [5, 5.41) is 0. The molecule has 224 valence electrons. The van der Waals surface area contributed by atoms with Crippen molar-refractivity contribution in [1.82, 2.24) is 0 Å². The van der Waals surface area contributed by atoms with Gasteiger partial charge in [0.25, 0.3) is 0 Å². The van der Waals surface area contributed by atoms with Crippen molar-refractivity contribution in [1.29, 1.82) is 0 Å². The first-order valence-electron chi connectivity index (χ1n) is 14.9. The number of allylic oxidation sites excluding steroid dienone is 1. The molecule has 0 amide bonds. The van der Waals surface area contributed by atoms with Gasteiger partial charge in [-0.25, -0.2) is 0 Å². The van der Waals surface area contributed by atoms with Gasteiger partial charge < -0.3 is 23.7 Å². The van der Waals surface area contributed by atoms with Gasteiger partial charge in [-0.05, 0) is 53.8 Å². The molecule has 3 aromatic carbocycles. The lowest BCUT2D eigenvalue weighted by atomic mass is 9.71. The van der Waals surface area contributed by atoms with E-state index in [0.29, 0.717) is 0 Å². The van der Waals surface area contributed by atoms with Crippen LogP contribution in [0.4, 0.5) is 0 Å². The Kier molecular flexibility index (Phi) is 7.76. The topological polar surface area (TPSA) is 46.2 Å². The molecule has 2 heterocycles. The Balaban J connectivity index is 1.51. The van der Waals surface area contributed by atoms with E-state index in [9.17, 15) is 0 Å². The van der Waals surface area contributed by atoms with Crippen molar-refractivity contribution < 1.29 is 23.7 Å². The fourth-order valence-corrected chi connectivity index (χ4v) is 7.07. The van der Waals surface area contributed by atoms with E-state index in [1.54, 1.807) is 21.3 Å². The average molecular weight is 571 g/mol.